The Kier molecular flexibility index (Phi) is 4.62. The lowest BCUT2D eigenvalue weighted by molar-refractivity contribution is 0.0521. The van der Waals surface area contributed by atoms with Crippen molar-refractivity contribution in [2.24, 2.45) is 0 Å². The molecule has 0 amide bonds. The SMILES string of the molecule is CCOC(=O)c1ccc(-n2cc(C#N)c(-c3ccccc3)c2)cc1F. The summed E-state index contributed by atoms with van der Waals surface area (Å²) < 4.78 is 20.7. The summed E-state index contributed by atoms with van der Waals surface area (Å²) in [5.74, 6) is -1.36. The summed E-state index contributed by atoms with van der Waals surface area (Å²) in [4.78, 5) is 11.7. The van der Waals surface area contributed by atoms with Crippen LogP contribution in [0.4, 0.5) is 4.39 Å². The molecule has 0 N–H and O–H groups in total. The number of carbonyl (C=O) groups excluding carboxylic acids is 1. The van der Waals surface area contributed by atoms with Crippen LogP contribution in [-0.2, 0) is 4.74 Å². The molecular formula is C20H15FN2O2. The summed E-state index contributed by atoms with van der Waals surface area (Å²) in [6.07, 6.45) is 3.41. The molecule has 1 aromatic heterocycles. The Labute approximate surface area is 144 Å². The maximum atomic E-state index is 14.2. The molecule has 3 aromatic rings. The number of halogens is 1. The first-order valence-corrected chi connectivity index (χ1v) is 7.78. The Morgan fingerprint density at radius 3 is 2.60 bits per heavy atom. The van der Waals surface area contributed by atoms with Crippen molar-refractivity contribution >= 4 is 5.97 Å². The molecule has 25 heavy (non-hydrogen) atoms. The number of esters is 1. The largest absolute Gasteiger partial charge is 0.462 e. The van der Waals surface area contributed by atoms with E-state index in [0.29, 0.717) is 11.3 Å². The third-order valence-corrected chi connectivity index (χ3v) is 3.78. The van der Waals surface area contributed by atoms with Gasteiger partial charge in [-0.25, -0.2) is 9.18 Å². The zero-order chi connectivity index (χ0) is 17.8. The van der Waals surface area contributed by atoms with E-state index < -0.39 is 11.8 Å². The molecule has 0 radical (unpaired) electrons. The first-order valence-electron chi connectivity index (χ1n) is 7.78. The highest BCUT2D eigenvalue weighted by molar-refractivity contribution is 5.90. The van der Waals surface area contributed by atoms with Gasteiger partial charge in [0.1, 0.15) is 11.9 Å². The van der Waals surface area contributed by atoms with Crippen LogP contribution < -0.4 is 0 Å². The number of benzene rings is 2. The van der Waals surface area contributed by atoms with Crippen molar-refractivity contribution in [3.05, 3.63) is 77.9 Å². The normalized spacial score (nSPS) is 10.3. The molecule has 0 saturated carbocycles. The molecule has 0 unspecified atom stereocenters. The smallest absolute Gasteiger partial charge is 0.341 e. The zero-order valence-electron chi connectivity index (χ0n) is 13.6. The van der Waals surface area contributed by atoms with Gasteiger partial charge in [-0.1, -0.05) is 30.3 Å². The predicted octanol–water partition coefficient (Wildman–Crippen LogP) is 4.33. The molecular weight excluding hydrogens is 319 g/mol. The van der Waals surface area contributed by atoms with E-state index >= 15 is 0 Å². The van der Waals surface area contributed by atoms with Crippen LogP contribution in [0.1, 0.15) is 22.8 Å². The van der Waals surface area contributed by atoms with Crippen LogP contribution >= 0.6 is 0 Å². The van der Waals surface area contributed by atoms with Crippen molar-refractivity contribution in [3.63, 3.8) is 0 Å². The third kappa shape index (κ3) is 3.29. The molecule has 2 aromatic carbocycles. The first kappa shape index (κ1) is 16.5. The van der Waals surface area contributed by atoms with Crippen molar-refractivity contribution in [3.8, 4) is 22.9 Å². The number of ether oxygens (including phenoxy) is 1. The fourth-order valence-electron chi connectivity index (χ4n) is 2.58. The Balaban J connectivity index is 2.01. The minimum Gasteiger partial charge on any atom is -0.462 e. The second-order valence-corrected chi connectivity index (χ2v) is 5.36. The van der Waals surface area contributed by atoms with Gasteiger partial charge in [-0.3, -0.25) is 0 Å². The highest BCUT2D eigenvalue weighted by Gasteiger charge is 2.15. The Hall–Kier alpha value is -3.39. The van der Waals surface area contributed by atoms with E-state index in [2.05, 4.69) is 6.07 Å². The van der Waals surface area contributed by atoms with Gasteiger partial charge in [0.25, 0.3) is 0 Å². The van der Waals surface area contributed by atoms with Crippen molar-refractivity contribution in [1.29, 1.82) is 5.26 Å². The first-order chi connectivity index (χ1) is 12.1. The third-order valence-electron chi connectivity index (χ3n) is 3.78. The van der Waals surface area contributed by atoms with Crippen LogP contribution in [0.3, 0.4) is 0 Å². The fraction of sp³-hybridized carbons (Fsp3) is 0.100. The van der Waals surface area contributed by atoms with Gasteiger partial charge in [0.15, 0.2) is 0 Å². The van der Waals surface area contributed by atoms with E-state index in [-0.39, 0.29) is 12.2 Å². The minimum absolute atomic E-state index is 0.110. The van der Waals surface area contributed by atoms with Gasteiger partial charge < -0.3 is 9.30 Å². The van der Waals surface area contributed by atoms with Gasteiger partial charge in [-0.05, 0) is 30.7 Å². The van der Waals surface area contributed by atoms with E-state index in [1.807, 2.05) is 30.3 Å². The van der Waals surface area contributed by atoms with Crippen LogP contribution in [0.25, 0.3) is 16.8 Å². The second-order valence-electron chi connectivity index (χ2n) is 5.36. The van der Waals surface area contributed by atoms with Gasteiger partial charge in [-0.2, -0.15) is 5.26 Å². The molecule has 5 heteroatoms. The number of nitrogens with zero attached hydrogens (tertiary/aromatic N) is 2. The monoisotopic (exact) mass is 334 g/mol. The summed E-state index contributed by atoms with van der Waals surface area (Å²) in [6, 6.07) is 15.9. The lowest BCUT2D eigenvalue weighted by Gasteiger charge is -2.07. The molecule has 0 aliphatic carbocycles. The molecule has 0 atom stereocenters. The quantitative estimate of drug-likeness (QED) is 0.667. The molecule has 4 nitrogen and oxygen atoms in total. The van der Waals surface area contributed by atoms with E-state index in [1.54, 1.807) is 30.0 Å². The fourth-order valence-corrected chi connectivity index (χ4v) is 2.58. The van der Waals surface area contributed by atoms with E-state index in [1.165, 1.54) is 12.1 Å². The van der Waals surface area contributed by atoms with E-state index in [0.717, 1.165) is 11.1 Å². The van der Waals surface area contributed by atoms with Crippen molar-refractivity contribution in [2.45, 2.75) is 6.92 Å². The number of hydrogen-bond acceptors (Lipinski definition) is 3. The maximum absolute atomic E-state index is 14.2. The molecule has 0 fully saturated rings. The Bertz CT molecular complexity index is 956. The van der Waals surface area contributed by atoms with Gasteiger partial charge in [0.05, 0.1) is 17.7 Å². The summed E-state index contributed by atoms with van der Waals surface area (Å²) in [7, 11) is 0. The Morgan fingerprint density at radius 2 is 1.96 bits per heavy atom. The average Bonchev–Trinajstić information content (AvgIpc) is 3.07. The molecule has 0 aliphatic heterocycles. The summed E-state index contributed by atoms with van der Waals surface area (Å²) in [6.45, 7) is 1.85. The number of aromatic nitrogens is 1. The molecule has 3 rings (SSSR count). The molecule has 0 spiro atoms. The summed E-state index contributed by atoms with van der Waals surface area (Å²) in [5, 5.41) is 9.37. The summed E-state index contributed by atoms with van der Waals surface area (Å²) in [5.41, 5.74) is 2.56. The van der Waals surface area contributed by atoms with Crippen LogP contribution in [0, 0.1) is 17.1 Å². The van der Waals surface area contributed by atoms with E-state index in [9.17, 15) is 14.4 Å². The lowest BCUT2D eigenvalue weighted by Crippen LogP contribution is -2.07. The standard InChI is InChI=1S/C20H15FN2O2/c1-2-25-20(24)17-9-8-16(10-19(17)21)23-12-15(11-22)18(13-23)14-6-4-3-5-7-14/h3-10,12-13H,2H2,1H3. The number of rotatable bonds is 4. The Morgan fingerprint density at radius 1 is 1.20 bits per heavy atom. The topological polar surface area (TPSA) is 55.0 Å². The molecule has 124 valence electrons. The van der Waals surface area contributed by atoms with E-state index in [4.69, 9.17) is 4.74 Å². The van der Waals surface area contributed by atoms with Gasteiger partial charge in [0, 0.05) is 23.6 Å². The van der Waals surface area contributed by atoms with Gasteiger partial charge in [0.2, 0.25) is 0 Å². The minimum atomic E-state index is -0.693. The highest BCUT2D eigenvalue weighted by Crippen LogP contribution is 2.26. The number of carbonyl (C=O) groups is 1. The van der Waals surface area contributed by atoms with Crippen LogP contribution in [-0.4, -0.2) is 17.1 Å². The van der Waals surface area contributed by atoms with Crippen LogP contribution in [0.5, 0.6) is 0 Å². The van der Waals surface area contributed by atoms with Crippen molar-refractivity contribution < 1.29 is 13.9 Å². The van der Waals surface area contributed by atoms with Crippen LogP contribution in [0.2, 0.25) is 0 Å². The van der Waals surface area contributed by atoms with Crippen molar-refractivity contribution in [1.82, 2.24) is 4.57 Å². The summed E-state index contributed by atoms with van der Waals surface area (Å²) >= 11 is 0. The highest BCUT2D eigenvalue weighted by atomic mass is 19.1. The number of hydrogen-bond donors (Lipinski definition) is 0. The predicted molar refractivity (Wildman–Crippen MR) is 91.8 cm³/mol. The molecule has 0 aliphatic rings. The maximum Gasteiger partial charge on any atom is 0.341 e. The molecule has 1 heterocycles. The van der Waals surface area contributed by atoms with Crippen LogP contribution in [0.15, 0.2) is 60.9 Å². The van der Waals surface area contributed by atoms with Crippen molar-refractivity contribution in [2.75, 3.05) is 6.61 Å². The molecule has 0 saturated heterocycles. The van der Waals surface area contributed by atoms with Gasteiger partial charge in [-0.15, -0.1) is 0 Å². The average molecular weight is 334 g/mol. The second kappa shape index (κ2) is 7.02. The molecule has 0 bridgehead atoms. The lowest BCUT2D eigenvalue weighted by atomic mass is 10.1. The zero-order valence-corrected chi connectivity index (χ0v) is 13.6. The van der Waals surface area contributed by atoms with Gasteiger partial charge >= 0.3 is 5.97 Å². The number of nitriles is 1.